The zero-order valence-electron chi connectivity index (χ0n) is 8.49. The van der Waals surface area contributed by atoms with Crippen molar-refractivity contribution in [2.24, 2.45) is 0 Å². The maximum atomic E-state index is 10.7. The highest BCUT2D eigenvalue weighted by molar-refractivity contribution is 5.89. The highest BCUT2D eigenvalue weighted by atomic mass is 16.5. The highest BCUT2D eigenvalue weighted by Crippen LogP contribution is 2.17. The molecular formula is C12H12O3. The van der Waals surface area contributed by atoms with E-state index >= 15 is 0 Å². The van der Waals surface area contributed by atoms with Crippen molar-refractivity contribution in [1.29, 1.82) is 0 Å². The van der Waals surface area contributed by atoms with Crippen molar-refractivity contribution >= 4 is 5.97 Å². The van der Waals surface area contributed by atoms with Gasteiger partial charge in [-0.1, -0.05) is 0 Å². The van der Waals surface area contributed by atoms with Gasteiger partial charge in [-0.3, -0.25) is 0 Å². The first-order chi connectivity index (χ1) is 7.15. The van der Waals surface area contributed by atoms with Gasteiger partial charge in [-0.05, 0) is 30.7 Å². The SMILES string of the molecule is C#CCCOc1ccc(C(=O)O)c(C)c1. The fourth-order valence-corrected chi connectivity index (χ4v) is 1.19. The van der Waals surface area contributed by atoms with Crippen molar-refractivity contribution in [1.82, 2.24) is 0 Å². The second-order valence-electron chi connectivity index (χ2n) is 3.08. The minimum absolute atomic E-state index is 0.291. The van der Waals surface area contributed by atoms with Crippen LogP contribution < -0.4 is 4.74 Å². The average Bonchev–Trinajstić information content (AvgIpc) is 2.17. The maximum absolute atomic E-state index is 10.7. The third-order valence-corrected chi connectivity index (χ3v) is 1.94. The third kappa shape index (κ3) is 3.03. The normalized spacial score (nSPS) is 9.33. The Balaban J connectivity index is 2.74. The molecular weight excluding hydrogens is 192 g/mol. The number of hydrogen-bond acceptors (Lipinski definition) is 2. The molecule has 3 heteroatoms. The molecule has 0 aliphatic heterocycles. The van der Waals surface area contributed by atoms with Crippen LogP contribution in [0, 0.1) is 19.3 Å². The first kappa shape index (κ1) is 11.1. The van der Waals surface area contributed by atoms with Crippen molar-refractivity contribution in [3.8, 4) is 18.1 Å². The largest absolute Gasteiger partial charge is 0.493 e. The zero-order chi connectivity index (χ0) is 11.3. The Labute approximate surface area is 88.7 Å². The summed E-state index contributed by atoms with van der Waals surface area (Å²) in [6.07, 6.45) is 5.62. The number of ether oxygens (including phenoxy) is 1. The van der Waals surface area contributed by atoms with E-state index in [-0.39, 0.29) is 0 Å². The van der Waals surface area contributed by atoms with Gasteiger partial charge in [-0.2, -0.15) is 0 Å². The Hall–Kier alpha value is -1.95. The molecule has 0 aliphatic rings. The van der Waals surface area contributed by atoms with E-state index in [1.54, 1.807) is 19.1 Å². The van der Waals surface area contributed by atoms with Gasteiger partial charge >= 0.3 is 5.97 Å². The Morgan fingerprint density at radius 3 is 2.87 bits per heavy atom. The van der Waals surface area contributed by atoms with Crippen LogP contribution in [0.4, 0.5) is 0 Å². The lowest BCUT2D eigenvalue weighted by Gasteiger charge is -2.06. The minimum Gasteiger partial charge on any atom is -0.493 e. The van der Waals surface area contributed by atoms with Crippen LogP contribution in [0.5, 0.6) is 5.75 Å². The standard InChI is InChI=1S/C12H12O3/c1-3-4-7-15-10-5-6-11(12(13)14)9(2)8-10/h1,5-6,8H,4,7H2,2H3,(H,13,14). The second-order valence-corrected chi connectivity index (χ2v) is 3.08. The van der Waals surface area contributed by atoms with Gasteiger partial charge in [0.1, 0.15) is 5.75 Å². The van der Waals surface area contributed by atoms with Gasteiger partial charge in [0.2, 0.25) is 0 Å². The van der Waals surface area contributed by atoms with E-state index in [2.05, 4.69) is 5.92 Å². The summed E-state index contributed by atoms with van der Waals surface area (Å²) in [5.41, 5.74) is 0.972. The number of rotatable bonds is 4. The topological polar surface area (TPSA) is 46.5 Å². The number of carbonyl (C=O) groups is 1. The van der Waals surface area contributed by atoms with Gasteiger partial charge in [0.05, 0.1) is 12.2 Å². The van der Waals surface area contributed by atoms with Crippen molar-refractivity contribution in [3.63, 3.8) is 0 Å². The van der Waals surface area contributed by atoms with Crippen molar-refractivity contribution in [2.45, 2.75) is 13.3 Å². The van der Waals surface area contributed by atoms with Gasteiger partial charge in [0, 0.05) is 6.42 Å². The number of carboxylic acid groups (broad SMARTS) is 1. The van der Waals surface area contributed by atoms with Crippen molar-refractivity contribution in [3.05, 3.63) is 29.3 Å². The van der Waals surface area contributed by atoms with Crippen molar-refractivity contribution in [2.75, 3.05) is 6.61 Å². The Kier molecular flexibility index (Phi) is 3.75. The van der Waals surface area contributed by atoms with Crippen LogP contribution >= 0.6 is 0 Å². The molecule has 0 unspecified atom stereocenters. The summed E-state index contributed by atoms with van der Waals surface area (Å²) in [7, 11) is 0. The lowest BCUT2D eigenvalue weighted by atomic mass is 10.1. The van der Waals surface area contributed by atoms with E-state index in [1.807, 2.05) is 0 Å². The first-order valence-corrected chi connectivity index (χ1v) is 4.55. The maximum Gasteiger partial charge on any atom is 0.335 e. The number of hydrogen-bond donors (Lipinski definition) is 1. The summed E-state index contributed by atoms with van der Waals surface area (Å²) in [4.78, 5) is 10.7. The van der Waals surface area contributed by atoms with Gasteiger partial charge in [0.15, 0.2) is 0 Å². The summed E-state index contributed by atoms with van der Waals surface area (Å²) in [5.74, 6) is 2.18. The molecule has 0 aliphatic carbocycles. The van der Waals surface area contributed by atoms with Crippen LogP contribution in [-0.4, -0.2) is 17.7 Å². The fraction of sp³-hybridized carbons (Fsp3) is 0.250. The molecule has 15 heavy (non-hydrogen) atoms. The second kappa shape index (κ2) is 5.06. The lowest BCUT2D eigenvalue weighted by Crippen LogP contribution is -2.01. The molecule has 0 radical (unpaired) electrons. The molecule has 78 valence electrons. The van der Waals surface area contributed by atoms with Crippen LogP contribution in [0.2, 0.25) is 0 Å². The molecule has 0 heterocycles. The Bertz CT molecular complexity index is 402. The molecule has 0 saturated carbocycles. The van der Waals surface area contributed by atoms with Crippen LogP contribution in [-0.2, 0) is 0 Å². The molecule has 0 saturated heterocycles. The summed E-state index contributed by atoms with van der Waals surface area (Å²) in [6.45, 7) is 2.18. The van der Waals surface area contributed by atoms with Crippen LogP contribution in [0.3, 0.4) is 0 Å². The number of carboxylic acids is 1. The van der Waals surface area contributed by atoms with E-state index in [0.29, 0.717) is 29.9 Å². The van der Waals surface area contributed by atoms with E-state index in [1.165, 1.54) is 6.07 Å². The van der Waals surface area contributed by atoms with Crippen LogP contribution in [0.1, 0.15) is 22.3 Å². The highest BCUT2D eigenvalue weighted by Gasteiger charge is 2.07. The molecule has 0 fully saturated rings. The van der Waals surface area contributed by atoms with Gasteiger partial charge in [-0.25, -0.2) is 4.79 Å². The van der Waals surface area contributed by atoms with E-state index < -0.39 is 5.97 Å². The Morgan fingerprint density at radius 2 is 2.33 bits per heavy atom. The van der Waals surface area contributed by atoms with Crippen molar-refractivity contribution < 1.29 is 14.6 Å². The number of aryl methyl sites for hydroxylation is 1. The van der Waals surface area contributed by atoms with E-state index in [4.69, 9.17) is 16.3 Å². The number of terminal acetylenes is 1. The average molecular weight is 204 g/mol. The molecule has 3 nitrogen and oxygen atoms in total. The Morgan fingerprint density at radius 1 is 1.60 bits per heavy atom. The number of aromatic carboxylic acids is 1. The van der Waals surface area contributed by atoms with Gasteiger partial charge in [-0.15, -0.1) is 12.3 Å². The summed E-state index contributed by atoms with van der Waals surface area (Å²) in [6, 6.07) is 4.86. The summed E-state index contributed by atoms with van der Waals surface area (Å²) < 4.78 is 5.33. The molecule has 0 spiro atoms. The molecule has 1 aromatic rings. The molecule has 0 atom stereocenters. The predicted octanol–water partition coefficient (Wildman–Crippen LogP) is 2.10. The predicted molar refractivity (Wildman–Crippen MR) is 57.1 cm³/mol. The van der Waals surface area contributed by atoms with Crippen LogP contribution in [0.15, 0.2) is 18.2 Å². The zero-order valence-corrected chi connectivity index (χ0v) is 8.49. The lowest BCUT2D eigenvalue weighted by molar-refractivity contribution is 0.0696. The quantitative estimate of drug-likeness (QED) is 0.603. The van der Waals surface area contributed by atoms with E-state index in [9.17, 15) is 4.79 Å². The monoisotopic (exact) mass is 204 g/mol. The number of benzene rings is 1. The van der Waals surface area contributed by atoms with Gasteiger partial charge in [0.25, 0.3) is 0 Å². The van der Waals surface area contributed by atoms with Gasteiger partial charge < -0.3 is 9.84 Å². The molecule has 0 aromatic heterocycles. The van der Waals surface area contributed by atoms with Crippen LogP contribution in [0.25, 0.3) is 0 Å². The molecule has 0 amide bonds. The first-order valence-electron chi connectivity index (χ1n) is 4.55. The smallest absolute Gasteiger partial charge is 0.335 e. The molecule has 1 N–H and O–H groups in total. The summed E-state index contributed by atoms with van der Waals surface area (Å²) in [5, 5.41) is 8.80. The fourth-order valence-electron chi connectivity index (χ4n) is 1.19. The van der Waals surface area contributed by atoms with E-state index in [0.717, 1.165) is 0 Å². The third-order valence-electron chi connectivity index (χ3n) is 1.94. The summed E-state index contributed by atoms with van der Waals surface area (Å²) >= 11 is 0. The molecule has 1 rings (SSSR count). The molecule has 0 bridgehead atoms. The minimum atomic E-state index is -0.928. The molecule has 1 aromatic carbocycles.